The third-order valence-corrected chi connectivity index (χ3v) is 3.97. The molecule has 0 amide bonds. The summed E-state index contributed by atoms with van der Waals surface area (Å²) in [5.41, 5.74) is 11.2. The highest BCUT2D eigenvalue weighted by Crippen LogP contribution is 2.19. The van der Waals surface area contributed by atoms with Crippen LogP contribution in [0.25, 0.3) is 0 Å². The first-order valence-corrected chi connectivity index (χ1v) is 7.48. The van der Waals surface area contributed by atoms with Crippen LogP contribution in [0.15, 0.2) is 42.5 Å². The van der Waals surface area contributed by atoms with E-state index in [1.807, 2.05) is 13.0 Å². The number of aryl methyl sites for hydroxylation is 3. The van der Waals surface area contributed by atoms with Gasteiger partial charge in [0, 0.05) is 11.1 Å². The van der Waals surface area contributed by atoms with Gasteiger partial charge in [0.15, 0.2) is 0 Å². The zero-order chi connectivity index (χ0) is 14.5. The first-order chi connectivity index (χ1) is 9.54. The molecule has 1 unspecified atom stereocenters. The maximum Gasteiger partial charge on any atom is 0.0441 e. The van der Waals surface area contributed by atoms with Gasteiger partial charge in [0.25, 0.3) is 0 Å². The molecule has 0 spiro atoms. The molecular weight excluding hydrogens is 266 g/mol. The molecule has 0 aliphatic heterocycles. The van der Waals surface area contributed by atoms with Crippen LogP contribution in [0.5, 0.6) is 0 Å². The Balaban J connectivity index is 1.89. The van der Waals surface area contributed by atoms with Crippen LogP contribution >= 0.6 is 11.6 Å². The lowest BCUT2D eigenvalue weighted by Crippen LogP contribution is -2.23. The maximum atomic E-state index is 6.25. The minimum absolute atomic E-state index is 0.150. The van der Waals surface area contributed by atoms with Crippen molar-refractivity contribution in [2.75, 3.05) is 0 Å². The predicted molar refractivity (Wildman–Crippen MR) is 87.4 cm³/mol. The quantitative estimate of drug-likeness (QED) is 0.863. The molecule has 0 fully saturated rings. The summed E-state index contributed by atoms with van der Waals surface area (Å²) >= 11 is 6.25. The average molecular weight is 288 g/mol. The lowest BCUT2D eigenvalue weighted by atomic mass is 9.99. The normalized spacial score (nSPS) is 12.4. The number of hydrogen-bond acceptors (Lipinski definition) is 1. The molecule has 0 saturated heterocycles. The summed E-state index contributed by atoms with van der Waals surface area (Å²) < 4.78 is 0. The van der Waals surface area contributed by atoms with Gasteiger partial charge >= 0.3 is 0 Å². The molecule has 2 rings (SSSR count). The summed E-state index contributed by atoms with van der Waals surface area (Å²) in [5, 5.41) is 0.829. The first-order valence-electron chi connectivity index (χ1n) is 7.11. The van der Waals surface area contributed by atoms with Crippen LogP contribution in [0.1, 0.15) is 28.7 Å². The van der Waals surface area contributed by atoms with Crippen LogP contribution in [-0.4, -0.2) is 6.04 Å². The second kappa shape index (κ2) is 6.92. The molecule has 2 heteroatoms. The van der Waals surface area contributed by atoms with Gasteiger partial charge in [-0.2, -0.15) is 0 Å². The van der Waals surface area contributed by atoms with Crippen molar-refractivity contribution >= 4 is 11.6 Å². The molecule has 1 nitrogen and oxygen atoms in total. The number of hydrogen-bond donors (Lipinski definition) is 1. The van der Waals surface area contributed by atoms with Gasteiger partial charge in [-0.1, -0.05) is 53.6 Å². The van der Waals surface area contributed by atoms with Crippen molar-refractivity contribution in [1.82, 2.24) is 0 Å². The van der Waals surface area contributed by atoms with Crippen LogP contribution in [0.2, 0.25) is 5.02 Å². The van der Waals surface area contributed by atoms with Gasteiger partial charge < -0.3 is 5.73 Å². The van der Waals surface area contributed by atoms with Crippen molar-refractivity contribution in [3.05, 3.63) is 69.7 Å². The topological polar surface area (TPSA) is 26.0 Å². The van der Waals surface area contributed by atoms with E-state index in [-0.39, 0.29) is 6.04 Å². The van der Waals surface area contributed by atoms with E-state index in [0.717, 1.165) is 29.8 Å². The van der Waals surface area contributed by atoms with Gasteiger partial charge in [-0.15, -0.1) is 0 Å². The van der Waals surface area contributed by atoms with Gasteiger partial charge in [0.1, 0.15) is 0 Å². The zero-order valence-corrected chi connectivity index (χ0v) is 13.0. The number of halogens is 1. The fraction of sp³-hybridized carbons (Fsp3) is 0.333. The SMILES string of the molecule is Cc1ccc(CCC(N)Cc2ccc(C)cc2Cl)cc1. The number of benzene rings is 2. The highest BCUT2D eigenvalue weighted by atomic mass is 35.5. The molecule has 0 radical (unpaired) electrons. The lowest BCUT2D eigenvalue weighted by Gasteiger charge is -2.13. The third-order valence-electron chi connectivity index (χ3n) is 3.62. The smallest absolute Gasteiger partial charge is 0.0441 e. The Morgan fingerprint density at radius 1 is 1.00 bits per heavy atom. The number of rotatable bonds is 5. The molecule has 20 heavy (non-hydrogen) atoms. The Hall–Kier alpha value is -1.31. The fourth-order valence-electron chi connectivity index (χ4n) is 2.31. The summed E-state index contributed by atoms with van der Waals surface area (Å²) in [7, 11) is 0. The van der Waals surface area contributed by atoms with E-state index in [2.05, 4.69) is 43.3 Å². The maximum absolute atomic E-state index is 6.25. The molecule has 0 aliphatic carbocycles. The van der Waals surface area contributed by atoms with Gasteiger partial charge in [-0.3, -0.25) is 0 Å². The summed E-state index contributed by atoms with van der Waals surface area (Å²) in [6, 6.07) is 15.0. The van der Waals surface area contributed by atoms with E-state index in [0.29, 0.717) is 0 Å². The first kappa shape index (κ1) is 15.1. The van der Waals surface area contributed by atoms with Crippen LogP contribution in [0.4, 0.5) is 0 Å². The molecule has 0 aromatic heterocycles. The summed E-state index contributed by atoms with van der Waals surface area (Å²) in [5.74, 6) is 0. The van der Waals surface area contributed by atoms with E-state index in [4.69, 9.17) is 17.3 Å². The molecule has 0 saturated carbocycles. The van der Waals surface area contributed by atoms with Crippen LogP contribution in [0.3, 0.4) is 0 Å². The second-order valence-corrected chi connectivity index (χ2v) is 5.99. The van der Waals surface area contributed by atoms with E-state index in [9.17, 15) is 0 Å². The van der Waals surface area contributed by atoms with E-state index >= 15 is 0 Å². The lowest BCUT2D eigenvalue weighted by molar-refractivity contribution is 0.610. The Kier molecular flexibility index (Phi) is 5.22. The van der Waals surface area contributed by atoms with Crippen LogP contribution in [-0.2, 0) is 12.8 Å². The van der Waals surface area contributed by atoms with Gasteiger partial charge in [-0.05, 0) is 55.9 Å². The van der Waals surface area contributed by atoms with Gasteiger partial charge in [0.2, 0.25) is 0 Å². The van der Waals surface area contributed by atoms with Gasteiger partial charge in [-0.25, -0.2) is 0 Å². The Bertz CT molecular complexity index is 560. The largest absolute Gasteiger partial charge is 0.327 e. The van der Waals surface area contributed by atoms with E-state index in [1.54, 1.807) is 0 Å². The van der Waals surface area contributed by atoms with Crippen molar-refractivity contribution in [3.63, 3.8) is 0 Å². The van der Waals surface area contributed by atoms with E-state index < -0.39 is 0 Å². The minimum atomic E-state index is 0.150. The van der Waals surface area contributed by atoms with Crippen molar-refractivity contribution in [3.8, 4) is 0 Å². The molecule has 0 bridgehead atoms. The summed E-state index contributed by atoms with van der Waals surface area (Å²) in [4.78, 5) is 0. The highest BCUT2D eigenvalue weighted by molar-refractivity contribution is 6.31. The number of nitrogens with two attached hydrogens (primary N) is 1. The highest BCUT2D eigenvalue weighted by Gasteiger charge is 2.08. The molecule has 1 atom stereocenters. The van der Waals surface area contributed by atoms with Crippen molar-refractivity contribution in [1.29, 1.82) is 0 Å². The second-order valence-electron chi connectivity index (χ2n) is 5.58. The molecule has 2 aromatic carbocycles. The average Bonchev–Trinajstić information content (AvgIpc) is 2.41. The molecule has 2 aromatic rings. The summed E-state index contributed by atoms with van der Waals surface area (Å²) in [6.45, 7) is 4.15. The fourth-order valence-corrected chi connectivity index (χ4v) is 2.62. The molecule has 0 aliphatic rings. The molecule has 0 heterocycles. The van der Waals surface area contributed by atoms with Gasteiger partial charge in [0.05, 0.1) is 0 Å². The molecule has 106 valence electrons. The monoisotopic (exact) mass is 287 g/mol. The van der Waals surface area contributed by atoms with Crippen LogP contribution < -0.4 is 5.73 Å². The Morgan fingerprint density at radius 3 is 2.30 bits per heavy atom. The minimum Gasteiger partial charge on any atom is -0.327 e. The van der Waals surface area contributed by atoms with Crippen molar-refractivity contribution in [2.45, 2.75) is 39.2 Å². The zero-order valence-electron chi connectivity index (χ0n) is 12.2. The standard InChI is InChI=1S/C18H22ClN/c1-13-3-6-15(7-4-13)8-10-17(20)12-16-9-5-14(2)11-18(16)19/h3-7,9,11,17H,8,10,12,20H2,1-2H3. The molecule has 2 N–H and O–H groups in total. The summed E-state index contributed by atoms with van der Waals surface area (Å²) in [6.07, 6.45) is 2.84. The van der Waals surface area contributed by atoms with Crippen LogP contribution in [0, 0.1) is 13.8 Å². The predicted octanol–water partition coefficient (Wildman–Crippen LogP) is 4.46. The van der Waals surface area contributed by atoms with E-state index in [1.165, 1.54) is 16.7 Å². The third kappa shape index (κ3) is 4.36. The molecular formula is C18H22ClN. The van der Waals surface area contributed by atoms with Crippen molar-refractivity contribution < 1.29 is 0 Å². The van der Waals surface area contributed by atoms with Crippen molar-refractivity contribution in [2.24, 2.45) is 5.73 Å². The Labute approximate surface area is 126 Å². The Morgan fingerprint density at radius 2 is 1.65 bits per heavy atom.